The highest BCUT2D eigenvalue weighted by molar-refractivity contribution is 6.00. The molecule has 0 saturated heterocycles. The van der Waals surface area contributed by atoms with Gasteiger partial charge in [-0.2, -0.15) is 5.10 Å². The van der Waals surface area contributed by atoms with Crippen molar-refractivity contribution >= 4 is 11.6 Å². The molecule has 1 aromatic heterocycles. The van der Waals surface area contributed by atoms with Crippen LogP contribution in [0.3, 0.4) is 0 Å². The highest BCUT2D eigenvalue weighted by Gasteiger charge is 2.04. The molecular weight excluding hydrogens is 238 g/mol. The van der Waals surface area contributed by atoms with E-state index in [0.717, 1.165) is 11.3 Å². The first-order valence-electron chi connectivity index (χ1n) is 5.98. The maximum atomic E-state index is 11.8. The highest BCUT2D eigenvalue weighted by Crippen LogP contribution is 2.04. The van der Waals surface area contributed by atoms with E-state index in [4.69, 9.17) is 0 Å². The molecule has 0 bridgehead atoms. The number of pyridine rings is 1. The number of aromatic nitrogens is 1. The molecular formula is C15H15N3O. The average Bonchev–Trinajstić information content (AvgIpc) is 2.46. The van der Waals surface area contributed by atoms with E-state index in [9.17, 15) is 4.79 Å². The maximum Gasteiger partial charge on any atom is 0.272 e. The van der Waals surface area contributed by atoms with Crippen LogP contribution in [0, 0.1) is 6.92 Å². The number of nitrogens with zero attached hydrogens (tertiary/aromatic N) is 2. The number of hydrogen-bond acceptors (Lipinski definition) is 3. The molecule has 1 heterocycles. The second-order valence-corrected chi connectivity index (χ2v) is 4.25. The van der Waals surface area contributed by atoms with Gasteiger partial charge in [-0.15, -0.1) is 0 Å². The smallest absolute Gasteiger partial charge is 0.267 e. The van der Waals surface area contributed by atoms with E-state index in [1.165, 1.54) is 11.8 Å². The van der Waals surface area contributed by atoms with Crippen molar-refractivity contribution in [3.63, 3.8) is 0 Å². The van der Waals surface area contributed by atoms with Crippen molar-refractivity contribution < 1.29 is 4.79 Å². The Balaban J connectivity index is 2.06. The van der Waals surface area contributed by atoms with Crippen LogP contribution in [0.15, 0.2) is 53.9 Å². The molecule has 0 atom stereocenters. The number of carbonyl (C=O) groups excluding carboxylic acids is 1. The summed E-state index contributed by atoms with van der Waals surface area (Å²) >= 11 is 0. The Morgan fingerprint density at radius 1 is 1.16 bits per heavy atom. The van der Waals surface area contributed by atoms with Gasteiger partial charge in [-0.25, -0.2) is 5.43 Å². The van der Waals surface area contributed by atoms with Crippen LogP contribution in [0.2, 0.25) is 0 Å². The van der Waals surface area contributed by atoms with Crippen LogP contribution in [0.5, 0.6) is 0 Å². The largest absolute Gasteiger partial charge is 0.272 e. The molecule has 0 aliphatic carbocycles. The molecule has 0 fully saturated rings. The minimum atomic E-state index is -0.264. The van der Waals surface area contributed by atoms with Gasteiger partial charge in [0.1, 0.15) is 0 Å². The Bertz CT molecular complexity index is 589. The van der Waals surface area contributed by atoms with E-state index >= 15 is 0 Å². The van der Waals surface area contributed by atoms with Gasteiger partial charge in [-0.05, 0) is 31.5 Å². The Morgan fingerprint density at radius 3 is 2.53 bits per heavy atom. The van der Waals surface area contributed by atoms with Crippen molar-refractivity contribution in [1.82, 2.24) is 10.4 Å². The quantitative estimate of drug-likeness (QED) is 0.675. The molecule has 0 aliphatic heterocycles. The standard InChI is InChI=1S/C15H15N3O/c1-11-5-7-13(8-6-11)12(2)17-18-15(19)14-4-3-9-16-10-14/h3-10H,1-2H3,(H,18,19)/b17-12+. The van der Waals surface area contributed by atoms with E-state index < -0.39 is 0 Å². The summed E-state index contributed by atoms with van der Waals surface area (Å²) in [6.45, 7) is 3.88. The highest BCUT2D eigenvalue weighted by atomic mass is 16.2. The third-order valence-electron chi connectivity index (χ3n) is 2.72. The number of carbonyl (C=O) groups is 1. The predicted molar refractivity (Wildman–Crippen MR) is 75.1 cm³/mol. The molecule has 0 unspecified atom stereocenters. The topological polar surface area (TPSA) is 54.4 Å². The summed E-state index contributed by atoms with van der Waals surface area (Å²) in [5, 5.41) is 4.09. The third-order valence-corrected chi connectivity index (χ3v) is 2.72. The van der Waals surface area contributed by atoms with Crippen molar-refractivity contribution in [2.45, 2.75) is 13.8 Å². The summed E-state index contributed by atoms with van der Waals surface area (Å²) in [6.07, 6.45) is 3.13. The Kier molecular flexibility index (Phi) is 4.03. The van der Waals surface area contributed by atoms with Crippen LogP contribution >= 0.6 is 0 Å². The Morgan fingerprint density at radius 2 is 1.89 bits per heavy atom. The van der Waals surface area contributed by atoms with Crippen LogP contribution < -0.4 is 5.43 Å². The fourth-order valence-electron chi connectivity index (χ4n) is 1.56. The summed E-state index contributed by atoms with van der Waals surface area (Å²) in [5.41, 5.74) is 5.95. The van der Waals surface area contributed by atoms with Gasteiger partial charge in [-0.1, -0.05) is 29.8 Å². The Hall–Kier alpha value is -2.49. The maximum absolute atomic E-state index is 11.8. The fraction of sp³-hybridized carbons (Fsp3) is 0.133. The minimum absolute atomic E-state index is 0.264. The Labute approximate surface area is 112 Å². The summed E-state index contributed by atoms with van der Waals surface area (Å²) in [4.78, 5) is 15.7. The molecule has 4 heteroatoms. The summed E-state index contributed by atoms with van der Waals surface area (Å²) in [7, 11) is 0. The average molecular weight is 253 g/mol. The second-order valence-electron chi connectivity index (χ2n) is 4.25. The monoisotopic (exact) mass is 253 g/mol. The molecule has 0 radical (unpaired) electrons. The number of amides is 1. The summed E-state index contributed by atoms with van der Waals surface area (Å²) < 4.78 is 0. The van der Waals surface area contributed by atoms with Gasteiger partial charge in [0.05, 0.1) is 11.3 Å². The van der Waals surface area contributed by atoms with Gasteiger partial charge in [-0.3, -0.25) is 9.78 Å². The molecule has 2 aromatic rings. The number of nitrogens with one attached hydrogen (secondary N) is 1. The number of hydrogen-bond donors (Lipinski definition) is 1. The molecule has 1 aromatic carbocycles. The van der Waals surface area contributed by atoms with E-state index in [2.05, 4.69) is 15.5 Å². The third kappa shape index (κ3) is 3.48. The second kappa shape index (κ2) is 5.91. The van der Waals surface area contributed by atoms with Crippen molar-refractivity contribution in [2.75, 3.05) is 0 Å². The van der Waals surface area contributed by atoms with Crippen molar-refractivity contribution in [2.24, 2.45) is 5.10 Å². The lowest BCUT2D eigenvalue weighted by atomic mass is 10.1. The molecule has 0 spiro atoms. The zero-order valence-electron chi connectivity index (χ0n) is 10.9. The molecule has 1 amide bonds. The lowest BCUT2D eigenvalue weighted by Crippen LogP contribution is -2.19. The first kappa shape index (κ1) is 13.0. The fourth-order valence-corrected chi connectivity index (χ4v) is 1.56. The normalized spacial score (nSPS) is 11.2. The van der Waals surface area contributed by atoms with Gasteiger partial charge < -0.3 is 0 Å². The predicted octanol–water partition coefficient (Wildman–Crippen LogP) is 2.54. The number of benzene rings is 1. The van der Waals surface area contributed by atoms with Gasteiger partial charge in [0, 0.05) is 12.4 Å². The molecule has 0 saturated carbocycles. The first-order valence-corrected chi connectivity index (χ1v) is 5.98. The zero-order valence-corrected chi connectivity index (χ0v) is 10.9. The SMILES string of the molecule is C/C(=N\NC(=O)c1cccnc1)c1ccc(C)cc1. The first-order chi connectivity index (χ1) is 9.16. The molecule has 4 nitrogen and oxygen atoms in total. The zero-order chi connectivity index (χ0) is 13.7. The minimum Gasteiger partial charge on any atom is -0.267 e. The van der Waals surface area contributed by atoms with Gasteiger partial charge in [0.15, 0.2) is 0 Å². The van der Waals surface area contributed by atoms with Crippen LogP contribution in [0.25, 0.3) is 0 Å². The van der Waals surface area contributed by atoms with Gasteiger partial charge in [0.2, 0.25) is 0 Å². The van der Waals surface area contributed by atoms with Crippen molar-refractivity contribution in [3.8, 4) is 0 Å². The molecule has 1 N–H and O–H groups in total. The van der Waals surface area contributed by atoms with Gasteiger partial charge >= 0.3 is 0 Å². The number of aryl methyl sites for hydroxylation is 1. The summed E-state index contributed by atoms with van der Waals surface area (Å²) in [5.74, 6) is -0.264. The van der Waals surface area contributed by atoms with E-state index in [0.29, 0.717) is 5.56 Å². The molecule has 0 aliphatic rings. The van der Waals surface area contributed by atoms with Crippen LogP contribution in [-0.2, 0) is 0 Å². The van der Waals surface area contributed by atoms with Crippen molar-refractivity contribution in [1.29, 1.82) is 0 Å². The van der Waals surface area contributed by atoms with Crippen LogP contribution in [-0.4, -0.2) is 16.6 Å². The van der Waals surface area contributed by atoms with E-state index in [1.807, 2.05) is 38.1 Å². The lowest BCUT2D eigenvalue weighted by molar-refractivity contribution is 0.0954. The molecule has 19 heavy (non-hydrogen) atoms. The van der Waals surface area contributed by atoms with Crippen molar-refractivity contribution in [3.05, 3.63) is 65.5 Å². The van der Waals surface area contributed by atoms with Crippen LogP contribution in [0.1, 0.15) is 28.4 Å². The molecule has 96 valence electrons. The van der Waals surface area contributed by atoms with E-state index in [-0.39, 0.29) is 5.91 Å². The van der Waals surface area contributed by atoms with Gasteiger partial charge in [0.25, 0.3) is 5.91 Å². The van der Waals surface area contributed by atoms with Crippen LogP contribution in [0.4, 0.5) is 0 Å². The number of rotatable bonds is 3. The lowest BCUT2D eigenvalue weighted by Gasteiger charge is -2.03. The summed E-state index contributed by atoms with van der Waals surface area (Å²) in [6, 6.07) is 11.4. The number of hydrazone groups is 1. The molecule has 2 rings (SSSR count). The van der Waals surface area contributed by atoms with E-state index in [1.54, 1.807) is 18.3 Å².